The zero-order valence-corrected chi connectivity index (χ0v) is 7.33. The molecule has 0 saturated carbocycles. The number of nitrogens with zero attached hydrogens (tertiary/aromatic N) is 1. The molecule has 0 aliphatic rings. The summed E-state index contributed by atoms with van der Waals surface area (Å²) in [6.07, 6.45) is 3.86. The average molecular weight is 160 g/mol. The number of pyridine rings is 1. The van der Waals surface area contributed by atoms with Crippen LogP contribution in [0.5, 0.6) is 0 Å². The second-order valence-corrected chi connectivity index (χ2v) is 3.33. The van der Waals surface area contributed by atoms with Crippen molar-refractivity contribution in [2.75, 3.05) is 0 Å². The Kier molecular flexibility index (Phi) is 1.61. The lowest BCUT2D eigenvalue weighted by molar-refractivity contribution is 0.826. The van der Waals surface area contributed by atoms with Gasteiger partial charge in [-0.15, -0.1) is 0 Å². The third-order valence-corrected chi connectivity index (χ3v) is 2.05. The molecule has 0 bridgehead atoms. The molecule has 2 rings (SSSR count). The van der Waals surface area contributed by atoms with E-state index in [-0.39, 0.29) is 0 Å². The lowest BCUT2D eigenvalue weighted by atomic mass is 10.1. The molecular formula is C10H12N2. The van der Waals surface area contributed by atoms with E-state index in [1.54, 1.807) is 0 Å². The molecule has 2 heterocycles. The summed E-state index contributed by atoms with van der Waals surface area (Å²) in [6, 6.07) is 4.15. The fourth-order valence-corrected chi connectivity index (χ4v) is 1.28. The lowest BCUT2D eigenvalue weighted by Crippen LogP contribution is -1.90. The van der Waals surface area contributed by atoms with Gasteiger partial charge in [0.05, 0.1) is 0 Å². The van der Waals surface area contributed by atoms with Crippen LogP contribution in [0.4, 0.5) is 0 Å². The van der Waals surface area contributed by atoms with Crippen LogP contribution >= 0.6 is 0 Å². The summed E-state index contributed by atoms with van der Waals surface area (Å²) in [5.41, 5.74) is 2.32. The van der Waals surface area contributed by atoms with Crippen LogP contribution in [0.25, 0.3) is 10.9 Å². The monoisotopic (exact) mass is 160 g/mol. The highest BCUT2D eigenvalue weighted by Crippen LogP contribution is 2.16. The number of aromatic nitrogens is 2. The van der Waals surface area contributed by atoms with Gasteiger partial charge in [0.2, 0.25) is 0 Å². The molecule has 0 unspecified atom stereocenters. The van der Waals surface area contributed by atoms with Crippen LogP contribution in [0.15, 0.2) is 24.5 Å². The van der Waals surface area contributed by atoms with Gasteiger partial charge >= 0.3 is 0 Å². The normalized spacial score (nSPS) is 11.2. The third-order valence-electron chi connectivity index (χ3n) is 2.05. The van der Waals surface area contributed by atoms with Crippen LogP contribution in [0.3, 0.4) is 0 Å². The molecule has 0 atom stereocenters. The predicted molar refractivity (Wildman–Crippen MR) is 50.2 cm³/mol. The van der Waals surface area contributed by atoms with E-state index < -0.39 is 0 Å². The van der Waals surface area contributed by atoms with Crippen molar-refractivity contribution in [1.82, 2.24) is 9.97 Å². The predicted octanol–water partition coefficient (Wildman–Crippen LogP) is 2.69. The van der Waals surface area contributed by atoms with Gasteiger partial charge in [-0.1, -0.05) is 13.8 Å². The van der Waals surface area contributed by atoms with Crippen molar-refractivity contribution >= 4 is 10.9 Å². The SMILES string of the molecule is CC(C)c1cc2[nH]ccc2cn1. The van der Waals surface area contributed by atoms with Crippen molar-refractivity contribution < 1.29 is 0 Å². The maximum atomic E-state index is 4.36. The number of aromatic amines is 1. The molecule has 0 aliphatic carbocycles. The zero-order valence-electron chi connectivity index (χ0n) is 7.33. The van der Waals surface area contributed by atoms with E-state index in [0.29, 0.717) is 5.92 Å². The van der Waals surface area contributed by atoms with Crippen LogP contribution < -0.4 is 0 Å². The summed E-state index contributed by atoms with van der Waals surface area (Å²) >= 11 is 0. The first-order valence-corrected chi connectivity index (χ1v) is 4.20. The molecule has 0 radical (unpaired) electrons. The molecular weight excluding hydrogens is 148 g/mol. The van der Waals surface area contributed by atoms with Crippen molar-refractivity contribution in [2.45, 2.75) is 19.8 Å². The Morgan fingerprint density at radius 1 is 1.42 bits per heavy atom. The first kappa shape index (κ1) is 7.35. The van der Waals surface area contributed by atoms with Crippen LogP contribution in [-0.2, 0) is 0 Å². The summed E-state index contributed by atoms with van der Waals surface area (Å²) in [4.78, 5) is 7.53. The Morgan fingerprint density at radius 3 is 3.00 bits per heavy atom. The van der Waals surface area contributed by atoms with Gasteiger partial charge in [-0.25, -0.2) is 0 Å². The Labute approximate surface area is 71.6 Å². The third kappa shape index (κ3) is 1.09. The second kappa shape index (κ2) is 2.63. The lowest BCUT2D eigenvalue weighted by Gasteiger charge is -2.02. The quantitative estimate of drug-likeness (QED) is 0.682. The van der Waals surface area contributed by atoms with Gasteiger partial charge in [0.15, 0.2) is 0 Å². The molecule has 2 heteroatoms. The number of fused-ring (bicyclic) bond motifs is 1. The minimum atomic E-state index is 0.498. The smallest absolute Gasteiger partial charge is 0.0487 e. The minimum absolute atomic E-state index is 0.498. The van der Waals surface area contributed by atoms with Crippen molar-refractivity contribution in [1.29, 1.82) is 0 Å². The number of nitrogens with one attached hydrogen (secondary N) is 1. The number of hydrogen-bond acceptors (Lipinski definition) is 1. The number of hydrogen-bond donors (Lipinski definition) is 1. The van der Waals surface area contributed by atoms with E-state index in [2.05, 4.69) is 29.9 Å². The molecule has 0 amide bonds. The van der Waals surface area contributed by atoms with E-state index in [9.17, 15) is 0 Å². The average Bonchev–Trinajstić information content (AvgIpc) is 2.49. The Bertz CT molecular complexity index is 387. The topological polar surface area (TPSA) is 28.7 Å². The van der Waals surface area contributed by atoms with Crippen molar-refractivity contribution in [3.8, 4) is 0 Å². The molecule has 0 aromatic carbocycles. The molecule has 0 aliphatic heterocycles. The highest BCUT2D eigenvalue weighted by molar-refractivity contribution is 5.78. The van der Waals surface area contributed by atoms with Gasteiger partial charge in [-0.05, 0) is 18.1 Å². The minimum Gasteiger partial charge on any atom is -0.361 e. The molecule has 0 spiro atoms. The maximum absolute atomic E-state index is 4.36. The van der Waals surface area contributed by atoms with Crippen molar-refractivity contribution in [3.05, 3.63) is 30.2 Å². The van der Waals surface area contributed by atoms with Crippen molar-refractivity contribution in [3.63, 3.8) is 0 Å². The Morgan fingerprint density at radius 2 is 2.25 bits per heavy atom. The summed E-state index contributed by atoms with van der Waals surface area (Å²) in [7, 11) is 0. The Hall–Kier alpha value is -1.31. The van der Waals surface area contributed by atoms with E-state index in [0.717, 1.165) is 5.69 Å². The molecule has 2 nitrogen and oxygen atoms in total. The van der Waals surface area contributed by atoms with E-state index in [1.807, 2.05) is 18.5 Å². The Balaban J connectivity index is 2.60. The van der Waals surface area contributed by atoms with Gasteiger partial charge in [-0.2, -0.15) is 0 Å². The number of rotatable bonds is 1. The maximum Gasteiger partial charge on any atom is 0.0487 e. The summed E-state index contributed by atoms with van der Waals surface area (Å²) in [6.45, 7) is 4.30. The van der Waals surface area contributed by atoms with Crippen molar-refractivity contribution in [2.24, 2.45) is 0 Å². The molecule has 0 fully saturated rings. The number of H-pyrrole nitrogens is 1. The first-order valence-electron chi connectivity index (χ1n) is 4.20. The largest absolute Gasteiger partial charge is 0.361 e. The summed E-state index contributed by atoms with van der Waals surface area (Å²) in [5, 5.41) is 1.18. The molecule has 1 N–H and O–H groups in total. The van der Waals surface area contributed by atoms with E-state index in [1.165, 1.54) is 10.9 Å². The highest BCUT2D eigenvalue weighted by atomic mass is 14.7. The summed E-state index contributed by atoms with van der Waals surface area (Å²) in [5.74, 6) is 0.498. The van der Waals surface area contributed by atoms with Gasteiger partial charge < -0.3 is 4.98 Å². The fourth-order valence-electron chi connectivity index (χ4n) is 1.28. The van der Waals surface area contributed by atoms with Crippen LogP contribution in [0.2, 0.25) is 0 Å². The standard InChI is InChI=1S/C10H12N2/c1-7(2)9-5-10-8(6-12-9)3-4-11-10/h3-7,11H,1-2H3. The van der Waals surface area contributed by atoms with Gasteiger partial charge in [-0.3, -0.25) is 4.98 Å². The highest BCUT2D eigenvalue weighted by Gasteiger charge is 2.01. The molecule has 2 aromatic heterocycles. The van der Waals surface area contributed by atoms with E-state index in [4.69, 9.17) is 0 Å². The summed E-state index contributed by atoms with van der Waals surface area (Å²) < 4.78 is 0. The molecule has 12 heavy (non-hydrogen) atoms. The molecule has 0 saturated heterocycles. The van der Waals surface area contributed by atoms with Crippen LogP contribution in [-0.4, -0.2) is 9.97 Å². The molecule has 2 aromatic rings. The first-order chi connectivity index (χ1) is 5.77. The van der Waals surface area contributed by atoms with Crippen LogP contribution in [0, 0.1) is 0 Å². The molecule has 62 valence electrons. The van der Waals surface area contributed by atoms with Gasteiger partial charge in [0.1, 0.15) is 0 Å². The van der Waals surface area contributed by atoms with Crippen LogP contribution in [0.1, 0.15) is 25.5 Å². The van der Waals surface area contributed by atoms with Gasteiger partial charge in [0.25, 0.3) is 0 Å². The van der Waals surface area contributed by atoms with E-state index >= 15 is 0 Å². The van der Waals surface area contributed by atoms with Gasteiger partial charge in [0, 0.05) is 29.0 Å². The fraction of sp³-hybridized carbons (Fsp3) is 0.300. The second-order valence-electron chi connectivity index (χ2n) is 3.33. The zero-order chi connectivity index (χ0) is 8.55.